The van der Waals surface area contributed by atoms with Crippen molar-refractivity contribution in [2.45, 2.75) is 80.3 Å². The van der Waals surface area contributed by atoms with Gasteiger partial charge in [-0.1, -0.05) is 41.5 Å². The number of carbonyl (C=O) groups excluding carboxylic acids is 1. The predicted molar refractivity (Wildman–Crippen MR) is 89.5 cm³/mol. The SMILES string of the molecule is CCC(C)(CC)C(C)(C(=O)OCC(O)CO)C(C)(CC)CC. The lowest BCUT2D eigenvalue weighted by atomic mass is 9.49. The zero-order chi connectivity index (χ0) is 17.6. The molecule has 0 amide bonds. The first kappa shape index (κ1) is 21.4. The van der Waals surface area contributed by atoms with Gasteiger partial charge in [-0.3, -0.25) is 4.79 Å². The Balaban J connectivity index is 5.76. The van der Waals surface area contributed by atoms with Gasteiger partial charge in [-0.15, -0.1) is 0 Å². The summed E-state index contributed by atoms with van der Waals surface area (Å²) < 4.78 is 5.41. The molecular weight excluding hydrogens is 280 g/mol. The summed E-state index contributed by atoms with van der Waals surface area (Å²) in [4.78, 5) is 13.0. The maximum atomic E-state index is 13.0. The van der Waals surface area contributed by atoms with E-state index in [2.05, 4.69) is 41.5 Å². The molecule has 0 saturated heterocycles. The molecule has 1 unspecified atom stereocenters. The van der Waals surface area contributed by atoms with Gasteiger partial charge in [-0.2, -0.15) is 0 Å². The highest BCUT2D eigenvalue weighted by Crippen LogP contribution is 2.58. The van der Waals surface area contributed by atoms with Crippen LogP contribution in [-0.2, 0) is 9.53 Å². The van der Waals surface area contributed by atoms with E-state index in [1.807, 2.05) is 6.92 Å². The summed E-state index contributed by atoms with van der Waals surface area (Å²) in [5.74, 6) is -0.266. The van der Waals surface area contributed by atoms with E-state index in [4.69, 9.17) is 9.84 Å². The molecule has 0 aliphatic heterocycles. The zero-order valence-electron chi connectivity index (χ0n) is 15.5. The Morgan fingerprint density at radius 2 is 1.32 bits per heavy atom. The van der Waals surface area contributed by atoms with E-state index < -0.39 is 18.1 Å². The number of hydrogen-bond acceptors (Lipinski definition) is 4. The first-order chi connectivity index (χ1) is 10.1. The molecule has 0 fully saturated rings. The molecule has 132 valence electrons. The summed E-state index contributed by atoms with van der Waals surface area (Å²) in [5, 5.41) is 18.4. The molecule has 0 aromatic heterocycles. The van der Waals surface area contributed by atoms with E-state index in [1.54, 1.807) is 0 Å². The van der Waals surface area contributed by atoms with Gasteiger partial charge in [0.15, 0.2) is 0 Å². The summed E-state index contributed by atoms with van der Waals surface area (Å²) in [7, 11) is 0. The van der Waals surface area contributed by atoms with Crippen LogP contribution in [0, 0.1) is 16.2 Å². The lowest BCUT2D eigenvalue weighted by Crippen LogP contribution is -2.55. The number of esters is 1. The second-order valence-electron chi connectivity index (χ2n) is 7.10. The van der Waals surface area contributed by atoms with Crippen LogP contribution >= 0.6 is 0 Å². The third kappa shape index (κ3) is 3.65. The third-order valence-corrected chi connectivity index (χ3v) is 6.56. The molecule has 0 aromatic rings. The number of rotatable bonds is 10. The molecule has 4 nitrogen and oxygen atoms in total. The lowest BCUT2D eigenvalue weighted by Gasteiger charge is -2.54. The molecule has 0 aliphatic carbocycles. The number of hydrogen-bond donors (Lipinski definition) is 2. The van der Waals surface area contributed by atoms with Crippen LogP contribution in [0.4, 0.5) is 0 Å². The van der Waals surface area contributed by atoms with E-state index >= 15 is 0 Å². The third-order valence-electron chi connectivity index (χ3n) is 6.56. The van der Waals surface area contributed by atoms with Crippen molar-refractivity contribution in [1.29, 1.82) is 0 Å². The molecule has 0 aliphatic rings. The Bertz CT molecular complexity index is 325. The molecule has 0 heterocycles. The molecule has 22 heavy (non-hydrogen) atoms. The summed E-state index contributed by atoms with van der Waals surface area (Å²) in [6, 6.07) is 0. The van der Waals surface area contributed by atoms with Crippen molar-refractivity contribution < 1.29 is 19.7 Å². The van der Waals surface area contributed by atoms with Gasteiger partial charge in [0.1, 0.15) is 12.7 Å². The predicted octanol–water partition coefficient (Wildman–Crippen LogP) is 3.54. The summed E-state index contributed by atoms with van der Waals surface area (Å²) in [6.45, 7) is 14.2. The van der Waals surface area contributed by atoms with Gasteiger partial charge in [0, 0.05) is 0 Å². The lowest BCUT2D eigenvalue weighted by molar-refractivity contribution is -0.183. The Kier molecular flexibility index (Phi) is 8.07. The Labute approximate surface area is 136 Å². The normalized spacial score (nSPS) is 14.8. The van der Waals surface area contributed by atoms with E-state index in [9.17, 15) is 9.90 Å². The van der Waals surface area contributed by atoms with Gasteiger partial charge >= 0.3 is 5.97 Å². The smallest absolute Gasteiger partial charge is 0.312 e. The first-order valence-electron chi connectivity index (χ1n) is 8.58. The summed E-state index contributed by atoms with van der Waals surface area (Å²) in [6.07, 6.45) is 2.51. The van der Waals surface area contributed by atoms with Crippen LogP contribution in [0.5, 0.6) is 0 Å². The number of carbonyl (C=O) groups is 1. The molecule has 0 saturated carbocycles. The molecule has 4 heteroatoms. The van der Waals surface area contributed by atoms with Crippen LogP contribution in [0.1, 0.15) is 74.1 Å². The quantitative estimate of drug-likeness (QED) is 0.605. The van der Waals surface area contributed by atoms with Gasteiger partial charge in [0.25, 0.3) is 0 Å². The molecule has 1 atom stereocenters. The van der Waals surface area contributed by atoms with Crippen LogP contribution in [0.25, 0.3) is 0 Å². The summed E-state index contributed by atoms with van der Waals surface area (Å²) >= 11 is 0. The Hall–Kier alpha value is -0.610. The highest BCUT2D eigenvalue weighted by molar-refractivity contribution is 5.78. The fraction of sp³-hybridized carbons (Fsp3) is 0.944. The van der Waals surface area contributed by atoms with Crippen LogP contribution in [-0.4, -0.2) is 35.5 Å². The maximum absolute atomic E-state index is 13.0. The number of aliphatic hydroxyl groups excluding tert-OH is 2. The molecule has 0 bridgehead atoms. The van der Waals surface area contributed by atoms with Gasteiger partial charge < -0.3 is 14.9 Å². The van der Waals surface area contributed by atoms with Crippen LogP contribution < -0.4 is 0 Å². The fourth-order valence-electron chi connectivity index (χ4n) is 3.50. The van der Waals surface area contributed by atoms with Crippen molar-refractivity contribution >= 4 is 5.97 Å². The van der Waals surface area contributed by atoms with E-state index in [-0.39, 0.29) is 23.4 Å². The topological polar surface area (TPSA) is 66.8 Å². The van der Waals surface area contributed by atoms with Gasteiger partial charge in [0.05, 0.1) is 12.0 Å². The van der Waals surface area contributed by atoms with Crippen molar-refractivity contribution in [3.63, 3.8) is 0 Å². The molecule has 0 radical (unpaired) electrons. The number of ether oxygens (including phenoxy) is 1. The minimum atomic E-state index is -1.02. The minimum Gasteiger partial charge on any atom is -0.462 e. The maximum Gasteiger partial charge on any atom is 0.312 e. The van der Waals surface area contributed by atoms with Crippen LogP contribution in [0.3, 0.4) is 0 Å². The van der Waals surface area contributed by atoms with Crippen molar-refractivity contribution in [2.75, 3.05) is 13.2 Å². The van der Waals surface area contributed by atoms with Crippen LogP contribution in [0.2, 0.25) is 0 Å². The largest absolute Gasteiger partial charge is 0.462 e. The van der Waals surface area contributed by atoms with E-state index in [1.165, 1.54) is 0 Å². The van der Waals surface area contributed by atoms with Crippen LogP contribution in [0.15, 0.2) is 0 Å². The molecular formula is C18H36O4. The highest BCUT2D eigenvalue weighted by atomic mass is 16.5. The Morgan fingerprint density at radius 1 is 0.955 bits per heavy atom. The molecule has 0 aromatic carbocycles. The average Bonchev–Trinajstić information content (AvgIpc) is 2.56. The second-order valence-corrected chi connectivity index (χ2v) is 7.10. The average molecular weight is 316 g/mol. The zero-order valence-corrected chi connectivity index (χ0v) is 15.5. The van der Waals surface area contributed by atoms with Gasteiger partial charge in [-0.05, 0) is 43.4 Å². The standard InChI is InChI=1S/C18H36O4/c1-8-16(5,9-2)18(7,17(6,10-3)11-4)15(21)22-13-14(20)12-19/h14,19-20H,8-13H2,1-7H3. The highest BCUT2D eigenvalue weighted by Gasteiger charge is 2.58. The number of aliphatic hydroxyl groups is 2. The summed E-state index contributed by atoms with van der Waals surface area (Å²) in [5.41, 5.74) is -1.02. The monoisotopic (exact) mass is 316 g/mol. The first-order valence-corrected chi connectivity index (χ1v) is 8.58. The Morgan fingerprint density at radius 3 is 1.59 bits per heavy atom. The van der Waals surface area contributed by atoms with Gasteiger partial charge in [-0.25, -0.2) is 0 Å². The molecule has 2 N–H and O–H groups in total. The van der Waals surface area contributed by atoms with Crippen molar-refractivity contribution in [2.24, 2.45) is 16.2 Å². The minimum absolute atomic E-state index is 0.155. The van der Waals surface area contributed by atoms with E-state index in [0.29, 0.717) is 0 Å². The van der Waals surface area contributed by atoms with Crippen molar-refractivity contribution in [3.05, 3.63) is 0 Å². The van der Waals surface area contributed by atoms with Gasteiger partial charge in [0.2, 0.25) is 0 Å². The van der Waals surface area contributed by atoms with Crippen molar-refractivity contribution in [1.82, 2.24) is 0 Å². The molecule has 0 rings (SSSR count). The second kappa shape index (κ2) is 8.30. The fourth-order valence-corrected chi connectivity index (χ4v) is 3.50. The van der Waals surface area contributed by atoms with E-state index in [0.717, 1.165) is 25.7 Å². The van der Waals surface area contributed by atoms with Crippen molar-refractivity contribution in [3.8, 4) is 0 Å². The molecule has 0 spiro atoms.